The van der Waals surface area contributed by atoms with E-state index in [1.807, 2.05) is 20.8 Å². The second-order valence-corrected chi connectivity index (χ2v) is 5.32. The summed E-state index contributed by atoms with van der Waals surface area (Å²) in [7, 11) is 0. The lowest BCUT2D eigenvalue weighted by molar-refractivity contribution is 0.190. The third-order valence-electron chi connectivity index (χ3n) is 2.75. The molecule has 2 aromatic heterocycles. The number of aliphatic hydroxyl groups excluding tert-OH is 1. The maximum Gasteiger partial charge on any atom is 0.173 e. The topological polar surface area (TPSA) is 37.5 Å². The van der Waals surface area contributed by atoms with Crippen molar-refractivity contribution in [1.82, 2.24) is 9.38 Å². The van der Waals surface area contributed by atoms with E-state index < -0.39 is 6.10 Å². The highest BCUT2D eigenvalue weighted by Gasteiger charge is 2.26. The van der Waals surface area contributed by atoms with Crippen molar-refractivity contribution >= 4 is 5.65 Å². The smallest absolute Gasteiger partial charge is 0.173 e. The van der Waals surface area contributed by atoms with Gasteiger partial charge >= 0.3 is 0 Å². The molecule has 0 radical (unpaired) electrons. The van der Waals surface area contributed by atoms with E-state index in [1.54, 1.807) is 23.6 Å². The fraction of sp³-hybridized carbons (Fsp3) is 0.462. The zero-order chi connectivity index (χ0) is 12.8. The highest BCUT2D eigenvalue weighted by molar-refractivity contribution is 5.46. The van der Waals surface area contributed by atoms with E-state index >= 15 is 0 Å². The van der Waals surface area contributed by atoms with Crippen molar-refractivity contribution in [3.8, 4) is 0 Å². The molecule has 17 heavy (non-hydrogen) atoms. The third kappa shape index (κ3) is 1.93. The summed E-state index contributed by atoms with van der Waals surface area (Å²) < 4.78 is 15.3. The van der Waals surface area contributed by atoms with Gasteiger partial charge in [-0.2, -0.15) is 0 Å². The summed E-state index contributed by atoms with van der Waals surface area (Å²) in [6.07, 6.45) is 1.05. The number of imidazole rings is 1. The molecule has 0 saturated carbocycles. The molecule has 0 aliphatic rings. The molecule has 3 nitrogen and oxygen atoms in total. The van der Waals surface area contributed by atoms with Gasteiger partial charge in [-0.1, -0.05) is 20.8 Å². The zero-order valence-electron chi connectivity index (χ0n) is 10.5. The molecule has 92 valence electrons. The lowest BCUT2D eigenvalue weighted by Crippen LogP contribution is -2.16. The molecule has 1 N–H and O–H groups in total. The van der Waals surface area contributed by atoms with Crippen molar-refractivity contribution in [1.29, 1.82) is 0 Å². The molecule has 2 heterocycles. The number of nitrogens with zero attached hydrogens (tertiary/aromatic N) is 2. The average Bonchev–Trinajstić information content (AvgIpc) is 2.57. The van der Waals surface area contributed by atoms with E-state index in [0.717, 1.165) is 5.69 Å². The molecule has 1 unspecified atom stereocenters. The Hall–Kier alpha value is -1.42. The average molecular weight is 236 g/mol. The molecule has 0 spiro atoms. The SMILES string of the molecule is CC(O)c1c(C(C)(C)C)nc2c(F)cccn12. The molecule has 0 aromatic carbocycles. The third-order valence-corrected chi connectivity index (χ3v) is 2.75. The van der Waals surface area contributed by atoms with Crippen LogP contribution in [0.3, 0.4) is 0 Å². The summed E-state index contributed by atoms with van der Waals surface area (Å²) in [4.78, 5) is 4.33. The molecule has 1 atom stereocenters. The fourth-order valence-electron chi connectivity index (χ4n) is 2.00. The number of hydrogen-bond donors (Lipinski definition) is 1. The van der Waals surface area contributed by atoms with E-state index in [4.69, 9.17) is 0 Å². The van der Waals surface area contributed by atoms with Crippen molar-refractivity contribution in [3.05, 3.63) is 35.5 Å². The maximum absolute atomic E-state index is 13.7. The lowest BCUT2D eigenvalue weighted by Gasteiger charge is -2.19. The summed E-state index contributed by atoms with van der Waals surface area (Å²) in [6, 6.07) is 2.99. The number of halogens is 1. The van der Waals surface area contributed by atoms with Gasteiger partial charge in [-0.15, -0.1) is 0 Å². The van der Waals surface area contributed by atoms with Gasteiger partial charge in [0.25, 0.3) is 0 Å². The largest absolute Gasteiger partial charge is 0.387 e. The van der Waals surface area contributed by atoms with Gasteiger partial charge in [0.15, 0.2) is 11.5 Å². The Labute approximate surface area is 99.9 Å². The number of rotatable bonds is 1. The number of aliphatic hydroxyl groups is 1. The molecule has 0 fully saturated rings. The van der Waals surface area contributed by atoms with Crippen LogP contribution in [0.1, 0.15) is 45.2 Å². The summed E-state index contributed by atoms with van der Waals surface area (Å²) in [6.45, 7) is 7.67. The van der Waals surface area contributed by atoms with Crippen LogP contribution in [0.15, 0.2) is 18.3 Å². The second-order valence-electron chi connectivity index (χ2n) is 5.32. The molecule has 0 amide bonds. The minimum Gasteiger partial charge on any atom is -0.387 e. The molecular formula is C13H17FN2O. The summed E-state index contributed by atoms with van der Waals surface area (Å²) in [5.41, 5.74) is 1.43. The molecule has 0 saturated heterocycles. The van der Waals surface area contributed by atoms with Crippen LogP contribution in [0, 0.1) is 5.82 Å². The summed E-state index contributed by atoms with van der Waals surface area (Å²) in [5, 5.41) is 9.86. The van der Waals surface area contributed by atoms with Crippen molar-refractivity contribution < 1.29 is 9.50 Å². The first kappa shape index (κ1) is 12.0. The van der Waals surface area contributed by atoms with Gasteiger partial charge in [0, 0.05) is 11.6 Å². The van der Waals surface area contributed by atoms with E-state index in [0.29, 0.717) is 5.69 Å². The number of aromatic nitrogens is 2. The monoisotopic (exact) mass is 236 g/mol. The molecule has 0 bridgehead atoms. The number of hydrogen-bond acceptors (Lipinski definition) is 2. The van der Waals surface area contributed by atoms with Crippen molar-refractivity contribution in [2.45, 2.75) is 39.2 Å². The highest BCUT2D eigenvalue weighted by atomic mass is 19.1. The molecule has 0 aliphatic carbocycles. The highest BCUT2D eigenvalue weighted by Crippen LogP contribution is 2.30. The quantitative estimate of drug-likeness (QED) is 0.826. The van der Waals surface area contributed by atoms with Crippen LogP contribution in [-0.2, 0) is 5.41 Å². The van der Waals surface area contributed by atoms with Crippen molar-refractivity contribution in [3.63, 3.8) is 0 Å². The van der Waals surface area contributed by atoms with Gasteiger partial charge in [0.2, 0.25) is 0 Å². The molecule has 2 rings (SSSR count). The first-order valence-corrected chi connectivity index (χ1v) is 5.67. The van der Waals surface area contributed by atoms with Gasteiger partial charge in [-0.05, 0) is 19.1 Å². The van der Waals surface area contributed by atoms with Gasteiger partial charge in [-0.3, -0.25) is 4.40 Å². The Kier molecular flexibility index (Phi) is 2.70. The summed E-state index contributed by atoms with van der Waals surface area (Å²) in [5.74, 6) is -0.370. The Morgan fingerprint density at radius 3 is 2.59 bits per heavy atom. The second kappa shape index (κ2) is 3.81. The van der Waals surface area contributed by atoms with Gasteiger partial charge in [-0.25, -0.2) is 9.37 Å². The molecular weight excluding hydrogens is 219 g/mol. The standard InChI is InChI=1S/C13H17FN2O/c1-8(17)10-11(13(2,3)4)15-12-9(14)6-5-7-16(10)12/h5-8,17H,1-4H3. The number of fused-ring (bicyclic) bond motifs is 1. The molecule has 2 aromatic rings. The van der Waals surface area contributed by atoms with Crippen LogP contribution >= 0.6 is 0 Å². The Morgan fingerprint density at radius 1 is 1.41 bits per heavy atom. The van der Waals surface area contributed by atoms with Crippen LogP contribution < -0.4 is 0 Å². The van der Waals surface area contributed by atoms with Crippen LogP contribution in [0.2, 0.25) is 0 Å². The number of pyridine rings is 1. The lowest BCUT2D eigenvalue weighted by atomic mass is 9.89. The Morgan fingerprint density at radius 2 is 2.06 bits per heavy atom. The van der Waals surface area contributed by atoms with Crippen LogP contribution in [0.4, 0.5) is 4.39 Å². The van der Waals surface area contributed by atoms with Gasteiger partial charge in [0.1, 0.15) is 0 Å². The van der Waals surface area contributed by atoms with E-state index in [2.05, 4.69) is 4.98 Å². The normalized spacial score (nSPS) is 14.2. The van der Waals surface area contributed by atoms with E-state index in [-0.39, 0.29) is 16.9 Å². The van der Waals surface area contributed by atoms with Crippen LogP contribution in [0.25, 0.3) is 5.65 Å². The van der Waals surface area contributed by atoms with Crippen LogP contribution in [0.5, 0.6) is 0 Å². The minimum absolute atomic E-state index is 0.231. The predicted octanol–water partition coefficient (Wildman–Crippen LogP) is 2.82. The van der Waals surface area contributed by atoms with Crippen LogP contribution in [-0.4, -0.2) is 14.5 Å². The molecule has 0 aliphatic heterocycles. The van der Waals surface area contributed by atoms with Gasteiger partial charge < -0.3 is 5.11 Å². The van der Waals surface area contributed by atoms with Gasteiger partial charge in [0.05, 0.1) is 17.5 Å². The van der Waals surface area contributed by atoms with Crippen molar-refractivity contribution in [2.24, 2.45) is 0 Å². The van der Waals surface area contributed by atoms with E-state index in [1.165, 1.54) is 6.07 Å². The van der Waals surface area contributed by atoms with E-state index in [9.17, 15) is 9.50 Å². The predicted molar refractivity (Wildman–Crippen MR) is 64.5 cm³/mol. The summed E-state index contributed by atoms with van der Waals surface area (Å²) >= 11 is 0. The minimum atomic E-state index is -0.680. The Bertz CT molecular complexity index is 552. The Balaban J connectivity index is 2.85. The first-order valence-electron chi connectivity index (χ1n) is 5.67. The molecule has 4 heteroatoms. The van der Waals surface area contributed by atoms with Crippen molar-refractivity contribution in [2.75, 3.05) is 0 Å². The first-order chi connectivity index (χ1) is 7.82. The fourth-order valence-corrected chi connectivity index (χ4v) is 2.00. The zero-order valence-corrected chi connectivity index (χ0v) is 10.5. The maximum atomic E-state index is 13.7.